The highest BCUT2D eigenvalue weighted by molar-refractivity contribution is 5.96. The maximum atomic E-state index is 13.3. The first-order valence-corrected chi connectivity index (χ1v) is 11.4. The molecule has 2 N–H and O–H groups in total. The van der Waals surface area contributed by atoms with Crippen molar-refractivity contribution in [2.24, 2.45) is 5.73 Å². The van der Waals surface area contributed by atoms with E-state index in [0.29, 0.717) is 12.5 Å². The molecule has 156 valence electrons. The summed E-state index contributed by atoms with van der Waals surface area (Å²) in [5.74, 6) is 0.741. The lowest BCUT2D eigenvalue weighted by atomic mass is 9.88. The number of unbranched alkanes of at least 4 members (excludes halogenated alkanes) is 2. The van der Waals surface area contributed by atoms with Crippen LogP contribution in [0.1, 0.15) is 84.5 Å². The van der Waals surface area contributed by atoms with E-state index in [0.717, 1.165) is 44.3 Å². The van der Waals surface area contributed by atoms with E-state index in [2.05, 4.69) is 55.1 Å². The number of rotatable bonds is 8. The molecule has 3 nitrogen and oxygen atoms in total. The van der Waals surface area contributed by atoms with Crippen LogP contribution in [0.5, 0.6) is 0 Å². The largest absolute Gasteiger partial charge is 0.339 e. The van der Waals surface area contributed by atoms with Crippen LogP contribution < -0.4 is 5.73 Å². The topological polar surface area (TPSA) is 46.3 Å². The number of nitrogens with zero attached hydrogens (tertiary/aromatic N) is 1. The molecule has 0 aliphatic carbocycles. The second-order valence-electron chi connectivity index (χ2n) is 8.27. The highest BCUT2D eigenvalue weighted by atomic mass is 16.2. The number of aryl methyl sites for hydroxylation is 1. The lowest BCUT2D eigenvalue weighted by molar-refractivity contribution is 0.0711. The number of amides is 1. The van der Waals surface area contributed by atoms with Gasteiger partial charge in [-0.25, -0.2) is 0 Å². The molecule has 1 saturated heterocycles. The molecule has 1 fully saturated rings. The Morgan fingerprint density at radius 1 is 1.07 bits per heavy atom. The zero-order chi connectivity index (χ0) is 20.6. The average molecular weight is 393 g/mol. The third-order valence-corrected chi connectivity index (χ3v) is 6.35. The summed E-state index contributed by atoms with van der Waals surface area (Å²) < 4.78 is 0. The van der Waals surface area contributed by atoms with Gasteiger partial charge in [0.05, 0.1) is 0 Å². The standard InChI is InChI=1S/C26H36N2O/c1-3-5-6-10-22-11-8-13-25(24(22)4-2)26(29)28-16-14-21(15-17-28)23-12-7-9-20(18-23)19-27/h7-9,11-13,18,21H,3-6,10,14-17,19,27H2,1-2H3. The minimum Gasteiger partial charge on any atom is -0.339 e. The van der Waals surface area contributed by atoms with Crippen molar-refractivity contribution in [3.8, 4) is 0 Å². The summed E-state index contributed by atoms with van der Waals surface area (Å²) in [5.41, 5.74) is 11.9. The molecule has 1 aliphatic rings. The number of benzene rings is 2. The van der Waals surface area contributed by atoms with Crippen LogP contribution >= 0.6 is 0 Å². The summed E-state index contributed by atoms with van der Waals surface area (Å²) in [6.45, 7) is 6.65. The number of hydrogen-bond acceptors (Lipinski definition) is 2. The summed E-state index contributed by atoms with van der Waals surface area (Å²) in [4.78, 5) is 15.4. The summed E-state index contributed by atoms with van der Waals surface area (Å²) in [6.07, 6.45) is 7.73. The quantitative estimate of drug-likeness (QED) is 0.606. The van der Waals surface area contributed by atoms with Crippen LogP contribution in [-0.2, 0) is 19.4 Å². The van der Waals surface area contributed by atoms with Crippen LogP contribution in [0.4, 0.5) is 0 Å². The maximum Gasteiger partial charge on any atom is 0.254 e. The van der Waals surface area contributed by atoms with Crippen molar-refractivity contribution in [3.63, 3.8) is 0 Å². The zero-order valence-electron chi connectivity index (χ0n) is 18.1. The lowest BCUT2D eigenvalue weighted by Crippen LogP contribution is -2.38. The zero-order valence-corrected chi connectivity index (χ0v) is 18.1. The van der Waals surface area contributed by atoms with Gasteiger partial charge in [0.25, 0.3) is 5.91 Å². The predicted octanol–water partition coefficient (Wildman–Crippen LogP) is 5.46. The number of nitrogens with two attached hydrogens (primary N) is 1. The van der Waals surface area contributed by atoms with Gasteiger partial charge in [0.2, 0.25) is 0 Å². The van der Waals surface area contributed by atoms with E-state index in [1.165, 1.54) is 41.5 Å². The first-order chi connectivity index (χ1) is 14.2. The lowest BCUT2D eigenvalue weighted by Gasteiger charge is -2.33. The Kier molecular flexibility index (Phi) is 7.88. The minimum absolute atomic E-state index is 0.216. The molecule has 2 aromatic carbocycles. The number of carbonyl (C=O) groups excluding carboxylic acids is 1. The van der Waals surface area contributed by atoms with Gasteiger partial charge in [-0.05, 0) is 66.3 Å². The number of piperidine rings is 1. The van der Waals surface area contributed by atoms with Gasteiger partial charge in [-0.3, -0.25) is 4.79 Å². The molecule has 1 aliphatic heterocycles. The van der Waals surface area contributed by atoms with E-state index in [4.69, 9.17) is 5.73 Å². The Hall–Kier alpha value is -2.13. The number of hydrogen-bond donors (Lipinski definition) is 1. The van der Waals surface area contributed by atoms with Crippen molar-refractivity contribution < 1.29 is 4.79 Å². The van der Waals surface area contributed by atoms with Gasteiger partial charge < -0.3 is 10.6 Å². The second-order valence-corrected chi connectivity index (χ2v) is 8.27. The maximum absolute atomic E-state index is 13.3. The van der Waals surface area contributed by atoms with E-state index in [1.807, 2.05) is 6.07 Å². The summed E-state index contributed by atoms with van der Waals surface area (Å²) in [5, 5.41) is 0. The van der Waals surface area contributed by atoms with Crippen molar-refractivity contribution in [1.82, 2.24) is 4.90 Å². The van der Waals surface area contributed by atoms with Crippen molar-refractivity contribution in [1.29, 1.82) is 0 Å². The van der Waals surface area contributed by atoms with Gasteiger partial charge in [-0.2, -0.15) is 0 Å². The Morgan fingerprint density at radius 2 is 1.83 bits per heavy atom. The molecule has 0 radical (unpaired) electrons. The first-order valence-electron chi connectivity index (χ1n) is 11.4. The third kappa shape index (κ3) is 5.27. The monoisotopic (exact) mass is 392 g/mol. The van der Waals surface area contributed by atoms with Crippen LogP contribution in [0.2, 0.25) is 0 Å². The molecule has 1 amide bonds. The minimum atomic E-state index is 0.216. The average Bonchev–Trinajstić information content (AvgIpc) is 2.78. The summed E-state index contributed by atoms with van der Waals surface area (Å²) >= 11 is 0. The van der Waals surface area contributed by atoms with Crippen molar-refractivity contribution in [2.45, 2.75) is 71.3 Å². The van der Waals surface area contributed by atoms with Crippen LogP contribution in [-0.4, -0.2) is 23.9 Å². The molecule has 0 unspecified atom stereocenters. The predicted molar refractivity (Wildman–Crippen MR) is 121 cm³/mol. The fourth-order valence-electron chi connectivity index (χ4n) is 4.61. The molecule has 2 aromatic rings. The van der Waals surface area contributed by atoms with Gasteiger partial charge in [-0.15, -0.1) is 0 Å². The van der Waals surface area contributed by atoms with Gasteiger partial charge in [0, 0.05) is 25.2 Å². The van der Waals surface area contributed by atoms with E-state index in [1.54, 1.807) is 0 Å². The van der Waals surface area contributed by atoms with Gasteiger partial charge >= 0.3 is 0 Å². The fraction of sp³-hybridized carbons (Fsp3) is 0.500. The summed E-state index contributed by atoms with van der Waals surface area (Å²) in [6, 6.07) is 14.9. The molecular formula is C26H36N2O. The van der Waals surface area contributed by atoms with Crippen molar-refractivity contribution in [3.05, 3.63) is 70.3 Å². The van der Waals surface area contributed by atoms with Crippen molar-refractivity contribution >= 4 is 5.91 Å². The van der Waals surface area contributed by atoms with Crippen LogP contribution in [0, 0.1) is 0 Å². The van der Waals surface area contributed by atoms with Crippen LogP contribution in [0.3, 0.4) is 0 Å². The van der Waals surface area contributed by atoms with Crippen molar-refractivity contribution in [2.75, 3.05) is 13.1 Å². The van der Waals surface area contributed by atoms with Gasteiger partial charge in [-0.1, -0.05) is 63.1 Å². The molecule has 0 aromatic heterocycles. The highest BCUT2D eigenvalue weighted by Gasteiger charge is 2.26. The third-order valence-electron chi connectivity index (χ3n) is 6.35. The SMILES string of the molecule is CCCCCc1cccc(C(=O)N2CCC(c3cccc(CN)c3)CC2)c1CC. The van der Waals surface area contributed by atoms with Crippen LogP contribution in [0.25, 0.3) is 0 Å². The van der Waals surface area contributed by atoms with Gasteiger partial charge in [0.1, 0.15) is 0 Å². The normalized spacial score (nSPS) is 14.9. The smallest absolute Gasteiger partial charge is 0.254 e. The Bertz CT molecular complexity index is 806. The van der Waals surface area contributed by atoms with E-state index >= 15 is 0 Å². The highest BCUT2D eigenvalue weighted by Crippen LogP contribution is 2.30. The molecule has 3 heteroatoms. The van der Waals surface area contributed by atoms with Gasteiger partial charge in [0.15, 0.2) is 0 Å². The number of carbonyl (C=O) groups is 1. The van der Waals surface area contributed by atoms with Crippen LogP contribution in [0.15, 0.2) is 42.5 Å². The molecule has 29 heavy (non-hydrogen) atoms. The summed E-state index contributed by atoms with van der Waals surface area (Å²) in [7, 11) is 0. The molecule has 3 rings (SSSR count). The fourth-order valence-corrected chi connectivity index (χ4v) is 4.61. The molecule has 0 spiro atoms. The molecule has 1 heterocycles. The van der Waals surface area contributed by atoms with E-state index in [-0.39, 0.29) is 5.91 Å². The molecular weight excluding hydrogens is 356 g/mol. The second kappa shape index (κ2) is 10.6. The van der Waals surface area contributed by atoms with E-state index in [9.17, 15) is 4.79 Å². The van der Waals surface area contributed by atoms with E-state index < -0.39 is 0 Å². The Morgan fingerprint density at radius 3 is 2.52 bits per heavy atom. The Balaban J connectivity index is 1.68. The molecule has 0 atom stereocenters. The Labute approximate surface area is 176 Å². The number of likely N-dealkylation sites (tertiary alicyclic amines) is 1. The molecule has 0 saturated carbocycles. The molecule has 0 bridgehead atoms. The first kappa shape index (κ1) is 21.6.